The third-order valence-corrected chi connectivity index (χ3v) is 5.88. The van der Waals surface area contributed by atoms with E-state index in [1.165, 1.54) is 6.92 Å². The molecule has 1 aliphatic rings. The van der Waals surface area contributed by atoms with Gasteiger partial charge in [-0.1, -0.05) is 30.3 Å². The molecule has 32 heavy (non-hydrogen) atoms. The highest BCUT2D eigenvalue weighted by Crippen LogP contribution is 2.30. The van der Waals surface area contributed by atoms with E-state index in [9.17, 15) is 14.7 Å². The maximum atomic E-state index is 12.5. The van der Waals surface area contributed by atoms with Crippen molar-refractivity contribution in [1.82, 2.24) is 14.9 Å². The fraction of sp³-hybridized carbons (Fsp3) is 0.360. The Morgan fingerprint density at radius 1 is 1.03 bits per heavy atom. The molecule has 1 aliphatic heterocycles. The molecule has 1 amide bonds. The quantitative estimate of drug-likeness (QED) is 0.667. The zero-order valence-electron chi connectivity index (χ0n) is 18.7. The summed E-state index contributed by atoms with van der Waals surface area (Å²) >= 11 is 0. The molecule has 0 radical (unpaired) electrons. The first-order chi connectivity index (χ1) is 15.3. The molecule has 0 saturated carbocycles. The summed E-state index contributed by atoms with van der Waals surface area (Å²) in [6, 6.07) is 14.2. The van der Waals surface area contributed by atoms with Crippen LogP contribution in [-0.4, -0.2) is 63.9 Å². The van der Waals surface area contributed by atoms with Crippen LogP contribution in [-0.2, 0) is 9.59 Å². The lowest BCUT2D eigenvalue weighted by atomic mass is 10.1. The van der Waals surface area contributed by atoms with E-state index in [0.717, 1.165) is 33.4 Å². The molecule has 1 atom stereocenters. The topological polar surface area (TPSA) is 86.6 Å². The van der Waals surface area contributed by atoms with Crippen molar-refractivity contribution in [3.05, 3.63) is 53.6 Å². The average molecular weight is 433 g/mol. The summed E-state index contributed by atoms with van der Waals surface area (Å²) in [7, 11) is 0. The van der Waals surface area contributed by atoms with Gasteiger partial charge in [0.25, 0.3) is 5.91 Å². The Morgan fingerprint density at radius 3 is 2.44 bits per heavy atom. The van der Waals surface area contributed by atoms with Crippen LogP contribution in [0.4, 0.5) is 5.82 Å². The molecule has 4 rings (SSSR count). The number of ketones is 1. The number of piperazine rings is 1. The fourth-order valence-electron chi connectivity index (χ4n) is 4.12. The number of amides is 1. The molecule has 1 N–H and O–H groups in total. The first kappa shape index (κ1) is 21.9. The van der Waals surface area contributed by atoms with Gasteiger partial charge in [-0.25, -0.2) is 9.97 Å². The molecule has 166 valence electrons. The predicted octanol–water partition coefficient (Wildman–Crippen LogP) is 2.90. The van der Waals surface area contributed by atoms with Gasteiger partial charge in [0.1, 0.15) is 17.7 Å². The Kier molecular flexibility index (Phi) is 6.19. The number of aromatic nitrogens is 2. The molecule has 2 heterocycles. The number of aliphatic hydroxyl groups is 1. The number of hydrogen-bond donors (Lipinski definition) is 1. The van der Waals surface area contributed by atoms with E-state index in [4.69, 9.17) is 9.97 Å². The van der Waals surface area contributed by atoms with Crippen LogP contribution in [0, 0.1) is 13.8 Å². The summed E-state index contributed by atoms with van der Waals surface area (Å²) in [6.45, 7) is 7.58. The van der Waals surface area contributed by atoms with Crippen molar-refractivity contribution in [3.8, 4) is 11.4 Å². The lowest BCUT2D eigenvalue weighted by Crippen LogP contribution is -2.52. The van der Waals surface area contributed by atoms with Gasteiger partial charge in [-0.15, -0.1) is 0 Å². The second-order valence-corrected chi connectivity index (χ2v) is 8.44. The van der Waals surface area contributed by atoms with E-state index in [2.05, 4.69) is 36.1 Å². The molecular weight excluding hydrogens is 404 g/mol. The number of carbonyl (C=O) groups excluding carboxylic acids is 2. The Hall–Kier alpha value is -3.32. The highest BCUT2D eigenvalue weighted by molar-refractivity contribution is 5.92. The molecule has 2 aromatic carbocycles. The number of carbonyl (C=O) groups is 2. The summed E-state index contributed by atoms with van der Waals surface area (Å²) in [6.07, 6.45) is -1.41. The monoisotopic (exact) mass is 432 g/mol. The van der Waals surface area contributed by atoms with Crippen molar-refractivity contribution >= 4 is 28.4 Å². The van der Waals surface area contributed by atoms with Crippen molar-refractivity contribution in [2.24, 2.45) is 0 Å². The average Bonchev–Trinajstić information content (AvgIpc) is 2.77. The van der Waals surface area contributed by atoms with Crippen LogP contribution < -0.4 is 4.90 Å². The minimum atomic E-state index is -1.27. The number of benzene rings is 2. The van der Waals surface area contributed by atoms with E-state index in [1.54, 1.807) is 4.90 Å². The number of hydrogen-bond acceptors (Lipinski definition) is 6. The van der Waals surface area contributed by atoms with Crippen molar-refractivity contribution in [3.63, 3.8) is 0 Å². The number of aliphatic hydroxyl groups excluding tert-OH is 1. The standard InChI is InChI=1S/C25H28N4O3/c1-16-8-9-20-21(14-16)26-23(19-7-5-4-6-17(19)2)27-24(20)28-10-12-29(13-11-28)25(32)22(31)15-18(3)30/h4-9,14,22,31H,10-13,15H2,1-3H3/t22-/m1/s1. The molecule has 1 aromatic heterocycles. The molecule has 1 saturated heterocycles. The van der Waals surface area contributed by atoms with Gasteiger partial charge in [-0.3, -0.25) is 9.59 Å². The van der Waals surface area contributed by atoms with E-state index in [-0.39, 0.29) is 18.1 Å². The third kappa shape index (κ3) is 4.48. The number of fused-ring (bicyclic) bond motifs is 1. The molecule has 0 aliphatic carbocycles. The number of nitrogens with zero attached hydrogens (tertiary/aromatic N) is 4. The van der Waals surface area contributed by atoms with Gasteiger partial charge < -0.3 is 14.9 Å². The van der Waals surface area contributed by atoms with Gasteiger partial charge in [0.2, 0.25) is 0 Å². The van der Waals surface area contributed by atoms with Gasteiger partial charge in [-0.2, -0.15) is 0 Å². The predicted molar refractivity (Wildman–Crippen MR) is 125 cm³/mol. The van der Waals surface area contributed by atoms with Crippen LogP contribution in [0.5, 0.6) is 0 Å². The van der Waals surface area contributed by atoms with E-state index in [1.807, 2.05) is 25.1 Å². The van der Waals surface area contributed by atoms with Crippen LogP contribution in [0.3, 0.4) is 0 Å². The second kappa shape index (κ2) is 9.04. The summed E-state index contributed by atoms with van der Waals surface area (Å²) in [5, 5.41) is 11.0. The summed E-state index contributed by atoms with van der Waals surface area (Å²) in [4.78, 5) is 37.3. The normalized spacial score (nSPS) is 15.1. The van der Waals surface area contributed by atoms with Gasteiger partial charge in [0, 0.05) is 43.5 Å². The summed E-state index contributed by atoms with van der Waals surface area (Å²) in [5.41, 5.74) is 4.13. The minimum absolute atomic E-state index is 0.144. The van der Waals surface area contributed by atoms with Gasteiger partial charge in [0.15, 0.2) is 5.82 Å². The van der Waals surface area contributed by atoms with Gasteiger partial charge >= 0.3 is 0 Å². The third-order valence-electron chi connectivity index (χ3n) is 5.88. The van der Waals surface area contributed by atoms with Crippen LogP contribution in [0.1, 0.15) is 24.5 Å². The highest BCUT2D eigenvalue weighted by atomic mass is 16.3. The zero-order chi connectivity index (χ0) is 22.8. The van der Waals surface area contributed by atoms with E-state index < -0.39 is 6.10 Å². The molecule has 0 bridgehead atoms. The van der Waals surface area contributed by atoms with E-state index >= 15 is 0 Å². The Balaban J connectivity index is 1.64. The Morgan fingerprint density at radius 2 is 1.75 bits per heavy atom. The van der Waals surface area contributed by atoms with E-state index in [0.29, 0.717) is 32.0 Å². The Bertz CT molecular complexity index is 1170. The Labute approximate surface area is 187 Å². The van der Waals surface area contributed by atoms with Crippen molar-refractivity contribution in [1.29, 1.82) is 0 Å². The molecule has 0 unspecified atom stereocenters. The molecular formula is C25H28N4O3. The van der Waals surface area contributed by atoms with Crippen LogP contribution in [0.2, 0.25) is 0 Å². The summed E-state index contributed by atoms with van der Waals surface area (Å²) < 4.78 is 0. The highest BCUT2D eigenvalue weighted by Gasteiger charge is 2.28. The number of anilines is 1. The zero-order valence-corrected chi connectivity index (χ0v) is 18.7. The van der Waals surface area contributed by atoms with Crippen molar-refractivity contribution in [2.45, 2.75) is 33.3 Å². The summed E-state index contributed by atoms with van der Waals surface area (Å²) in [5.74, 6) is 0.954. The number of Topliss-reactive ketones (excluding diaryl/α,β-unsaturated/α-hetero) is 1. The van der Waals surface area contributed by atoms with Crippen LogP contribution in [0.25, 0.3) is 22.3 Å². The van der Waals surface area contributed by atoms with Gasteiger partial charge in [-0.05, 0) is 44.0 Å². The SMILES string of the molecule is CC(=O)C[C@@H](O)C(=O)N1CCN(c2nc(-c3ccccc3C)nc3cc(C)ccc23)CC1. The smallest absolute Gasteiger partial charge is 0.251 e. The lowest BCUT2D eigenvalue weighted by molar-refractivity contribution is -0.142. The molecule has 1 fully saturated rings. The maximum Gasteiger partial charge on any atom is 0.251 e. The van der Waals surface area contributed by atoms with Crippen LogP contribution >= 0.6 is 0 Å². The second-order valence-electron chi connectivity index (χ2n) is 8.44. The van der Waals surface area contributed by atoms with Gasteiger partial charge in [0.05, 0.1) is 5.52 Å². The van der Waals surface area contributed by atoms with Crippen molar-refractivity contribution < 1.29 is 14.7 Å². The lowest BCUT2D eigenvalue weighted by Gasteiger charge is -2.36. The largest absolute Gasteiger partial charge is 0.383 e. The molecule has 0 spiro atoms. The first-order valence-corrected chi connectivity index (χ1v) is 10.9. The maximum absolute atomic E-state index is 12.5. The minimum Gasteiger partial charge on any atom is -0.383 e. The van der Waals surface area contributed by atoms with Crippen molar-refractivity contribution in [2.75, 3.05) is 31.1 Å². The first-order valence-electron chi connectivity index (χ1n) is 10.9. The number of rotatable bonds is 5. The molecule has 7 nitrogen and oxygen atoms in total. The molecule has 3 aromatic rings. The molecule has 7 heteroatoms. The van der Waals surface area contributed by atoms with Crippen LogP contribution in [0.15, 0.2) is 42.5 Å². The fourth-order valence-corrected chi connectivity index (χ4v) is 4.12. The number of aryl methyl sites for hydroxylation is 2.